The molecule has 1 aromatic heterocycles. The van der Waals surface area contributed by atoms with Crippen molar-refractivity contribution in [2.24, 2.45) is 5.84 Å². The molecule has 0 spiro atoms. The van der Waals surface area contributed by atoms with Crippen LogP contribution in [-0.2, 0) is 0 Å². The topological polar surface area (TPSA) is 60.2 Å². The second kappa shape index (κ2) is 6.45. The lowest BCUT2D eigenvalue weighted by Crippen LogP contribution is -2.29. The lowest BCUT2D eigenvalue weighted by atomic mass is 10.0. The van der Waals surface area contributed by atoms with Crippen LogP contribution in [-0.4, -0.2) is 11.1 Å². The van der Waals surface area contributed by atoms with Gasteiger partial charge in [-0.2, -0.15) is 0 Å². The number of hydrogen-bond donors (Lipinski definition) is 2. The fourth-order valence-electron chi connectivity index (χ4n) is 1.95. The zero-order chi connectivity index (χ0) is 14.5. The highest BCUT2D eigenvalue weighted by Gasteiger charge is 2.14. The van der Waals surface area contributed by atoms with Crippen molar-refractivity contribution < 1.29 is 9.13 Å². The average Bonchev–Trinajstić information content (AvgIpc) is 2.41. The molecular formula is C15H18FN3O. The molecular weight excluding hydrogens is 257 g/mol. The van der Waals surface area contributed by atoms with Gasteiger partial charge in [-0.1, -0.05) is 12.1 Å². The molecule has 1 heterocycles. The molecule has 0 bridgehead atoms. The third-order valence-electron chi connectivity index (χ3n) is 2.78. The number of hydrogen-bond acceptors (Lipinski definition) is 4. The van der Waals surface area contributed by atoms with Gasteiger partial charge in [0.15, 0.2) is 0 Å². The van der Waals surface area contributed by atoms with Crippen LogP contribution in [0.1, 0.15) is 31.1 Å². The van der Waals surface area contributed by atoms with Crippen molar-refractivity contribution >= 4 is 0 Å². The quantitative estimate of drug-likeness (QED) is 0.650. The van der Waals surface area contributed by atoms with E-state index in [2.05, 4.69) is 10.4 Å². The highest BCUT2D eigenvalue weighted by molar-refractivity contribution is 5.34. The molecule has 0 aliphatic rings. The van der Waals surface area contributed by atoms with E-state index in [0.717, 1.165) is 11.3 Å². The molecule has 0 fully saturated rings. The number of ether oxygens (including phenoxy) is 1. The van der Waals surface area contributed by atoms with Gasteiger partial charge < -0.3 is 4.74 Å². The summed E-state index contributed by atoms with van der Waals surface area (Å²) in [6.07, 6.45) is 1.27. The Balaban J connectivity index is 2.29. The molecule has 0 amide bonds. The summed E-state index contributed by atoms with van der Waals surface area (Å²) in [5, 5.41) is 0. The number of benzene rings is 1. The van der Waals surface area contributed by atoms with Gasteiger partial charge in [-0.05, 0) is 43.7 Å². The van der Waals surface area contributed by atoms with Gasteiger partial charge in [0.25, 0.3) is 0 Å². The van der Waals surface area contributed by atoms with E-state index in [-0.39, 0.29) is 18.0 Å². The molecule has 0 saturated heterocycles. The molecule has 0 radical (unpaired) electrons. The second-order valence-electron chi connectivity index (χ2n) is 4.74. The molecule has 20 heavy (non-hydrogen) atoms. The van der Waals surface area contributed by atoms with Gasteiger partial charge in [-0.3, -0.25) is 10.8 Å². The molecule has 0 saturated carbocycles. The normalized spacial score (nSPS) is 12.4. The van der Waals surface area contributed by atoms with Crippen molar-refractivity contribution in [2.75, 3.05) is 0 Å². The minimum atomic E-state index is -0.374. The van der Waals surface area contributed by atoms with Crippen LogP contribution in [0, 0.1) is 5.82 Å². The maximum absolute atomic E-state index is 12.9. The van der Waals surface area contributed by atoms with Crippen LogP contribution in [0.5, 0.6) is 5.75 Å². The Bertz CT molecular complexity index is 557. The van der Waals surface area contributed by atoms with Crippen LogP contribution in [0.15, 0.2) is 42.6 Å². The van der Waals surface area contributed by atoms with Gasteiger partial charge in [0.05, 0.1) is 24.0 Å². The van der Waals surface area contributed by atoms with E-state index in [1.807, 2.05) is 38.1 Å². The van der Waals surface area contributed by atoms with Crippen LogP contribution < -0.4 is 16.0 Å². The summed E-state index contributed by atoms with van der Waals surface area (Å²) in [6, 6.07) is 10.2. The molecule has 2 aromatic rings. The Hall–Kier alpha value is -1.98. The minimum absolute atomic E-state index is 0.0958. The Labute approximate surface area is 117 Å². The van der Waals surface area contributed by atoms with E-state index in [9.17, 15) is 4.39 Å². The first kappa shape index (κ1) is 14.4. The third-order valence-corrected chi connectivity index (χ3v) is 2.78. The first-order valence-corrected chi connectivity index (χ1v) is 6.44. The van der Waals surface area contributed by atoms with Gasteiger partial charge in [0, 0.05) is 0 Å². The Morgan fingerprint density at radius 2 is 2.05 bits per heavy atom. The van der Waals surface area contributed by atoms with Crippen LogP contribution >= 0.6 is 0 Å². The number of pyridine rings is 1. The number of nitrogens with one attached hydrogen (secondary N) is 1. The van der Waals surface area contributed by atoms with Crippen LogP contribution in [0.4, 0.5) is 4.39 Å². The molecule has 2 rings (SSSR count). The predicted octanol–water partition coefficient (Wildman–Crippen LogP) is 2.56. The lowest BCUT2D eigenvalue weighted by molar-refractivity contribution is 0.242. The fourth-order valence-corrected chi connectivity index (χ4v) is 1.95. The highest BCUT2D eigenvalue weighted by Crippen LogP contribution is 2.24. The molecule has 4 nitrogen and oxygen atoms in total. The summed E-state index contributed by atoms with van der Waals surface area (Å²) in [7, 11) is 0. The van der Waals surface area contributed by atoms with Gasteiger partial charge in [0.2, 0.25) is 0 Å². The van der Waals surface area contributed by atoms with Crippen molar-refractivity contribution in [1.29, 1.82) is 0 Å². The Kier molecular flexibility index (Phi) is 4.65. The number of aromatic nitrogens is 1. The summed E-state index contributed by atoms with van der Waals surface area (Å²) in [5.41, 5.74) is 4.25. The minimum Gasteiger partial charge on any atom is -0.491 e. The van der Waals surface area contributed by atoms with Crippen molar-refractivity contribution in [3.8, 4) is 5.75 Å². The summed E-state index contributed by atoms with van der Waals surface area (Å²) in [5.74, 6) is 5.99. The zero-order valence-electron chi connectivity index (χ0n) is 11.5. The Morgan fingerprint density at radius 3 is 2.65 bits per heavy atom. The highest BCUT2D eigenvalue weighted by atomic mass is 19.1. The molecule has 0 aliphatic heterocycles. The van der Waals surface area contributed by atoms with Crippen LogP contribution in [0.2, 0.25) is 0 Å². The predicted molar refractivity (Wildman–Crippen MR) is 75.6 cm³/mol. The monoisotopic (exact) mass is 275 g/mol. The number of nitrogens with two attached hydrogens (primary N) is 1. The lowest BCUT2D eigenvalue weighted by Gasteiger charge is -2.17. The molecule has 0 aliphatic carbocycles. The van der Waals surface area contributed by atoms with Gasteiger partial charge >= 0.3 is 0 Å². The molecule has 1 aromatic carbocycles. The molecule has 106 valence electrons. The van der Waals surface area contributed by atoms with Gasteiger partial charge in [-0.15, -0.1) is 0 Å². The number of nitrogens with zero attached hydrogens (tertiary/aromatic N) is 1. The van der Waals surface area contributed by atoms with Crippen LogP contribution in [0.3, 0.4) is 0 Å². The standard InChI is InChI=1S/C15H18FN3O/c1-10(2)20-13-5-3-4-11(8-13)15(19-17)14-7-6-12(16)9-18-14/h3-10,15,19H,17H2,1-2H3. The number of halogens is 1. The van der Waals surface area contributed by atoms with E-state index in [1.54, 1.807) is 6.07 Å². The maximum Gasteiger partial charge on any atom is 0.141 e. The average molecular weight is 275 g/mol. The second-order valence-corrected chi connectivity index (χ2v) is 4.74. The first-order chi connectivity index (χ1) is 9.60. The smallest absolute Gasteiger partial charge is 0.141 e. The van der Waals surface area contributed by atoms with E-state index in [0.29, 0.717) is 5.69 Å². The fraction of sp³-hybridized carbons (Fsp3) is 0.267. The van der Waals surface area contributed by atoms with Gasteiger partial charge in [-0.25, -0.2) is 9.82 Å². The number of rotatable bonds is 5. The molecule has 5 heteroatoms. The summed E-state index contributed by atoms with van der Waals surface area (Å²) in [6.45, 7) is 3.93. The molecule has 3 N–H and O–H groups in total. The third kappa shape index (κ3) is 3.53. The van der Waals surface area contributed by atoms with Crippen molar-refractivity contribution in [2.45, 2.75) is 26.0 Å². The summed E-state index contributed by atoms with van der Waals surface area (Å²) in [4.78, 5) is 4.06. The SMILES string of the molecule is CC(C)Oc1cccc(C(NN)c2ccc(F)cn2)c1. The molecule has 1 unspecified atom stereocenters. The Morgan fingerprint density at radius 1 is 1.25 bits per heavy atom. The van der Waals surface area contributed by atoms with Crippen molar-refractivity contribution in [3.05, 3.63) is 59.7 Å². The van der Waals surface area contributed by atoms with E-state index < -0.39 is 0 Å². The van der Waals surface area contributed by atoms with Crippen molar-refractivity contribution in [3.63, 3.8) is 0 Å². The first-order valence-electron chi connectivity index (χ1n) is 6.44. The van der Waals surface area contributed by atoms with E-state index >= 15 is 0 Å². The summed E-state index contributed by atoms with van der Waals surface area (Å²) < 4.78 is 18.6. The number of hydrazine groups is 1. The summed E-state index contributed by atoms with van der Waals surface area (Å²) >= 11 is 0. The van der Waals surface area contributed by atoms with Crippen molar-refractivity contribution in [1.82, 2.24) is 10.4 Å². The van der Waals surface area contributed by atoms with E-state index in [1.165, 1.54) is 12.3 Å². The maximum atomic E-state index is 12.9. The van der Waals surface area contributed by atoms with Crippen LogP contribution in [0.25, 0.3) is 0 Å². The largest absolute Gasteiger partial charge is 0.491 e. The molecule has 1 atom stereocenters. The zero-order valence-corrected chi connectivity index (χ0v) is 11.5. The van der Waals surface area contributed by atoms with Gasteiger partial charge in [0.1, 0.15) is 11.6 Å². The van der Waals surface area contributed by atoms with E-state index in [4.69, 9.17) is 10.6 Å².